The lowest BCUT2D eigenvalue weighted by Crippen LogP contribution is -2.20. The smallest absolute Gasteiger partial charge is 0.337 e. The van der Waals surface area contributed by atoms with Crippen molar-refractivity contribution >= 4 is 17.6 Å². The Labute approximate surface area is 119 Å². The fourth-order valence-electron chi connectivity index (χ4n) is 2.32. The van der Waals surface area contributed by atoms with Crippen LogP contribution in [0.1, 0.15) is 50.9 Å². The summed E-state index contributed by atoms with van der Waals surface area (Å²) >= 11 is 0. The minimum absolute atomic E-state index is 0.0526. The van der Waals surface area contributed by atoms with E-state index in [1.807, 2.05) is 6.92 Å². The fraction of sp³-hybridized carbons (Fsp3) is 0.533. The number of carboxylic acid groups (broad SMARTS) is 1. The van der Waals surface area contributed by atoms with Crippen molar-refractivity contribution in [3.05, 3.63) is 24.0 Å². The Morgan fingerprint density at radius 3 is 2.60 bits per heavy atom. The first-order valence-electron chi connectivity index (χ1n) is 6.66. The van der Waals surface area contributed by atoms with E-state index in [4.69, 9.17) is 5.11 Å². The third-order valence-electron chi connectivity index (χ3n) is 2.82. The van der Waals surface area contributed by atoms with E-state index in [9.17, 15) is 9.59 Å². The maximum absolute atomic E-state index is 12.0. The molecule has 1 atom stereocenters. The summed E-state index contributed by atoms with van der Waals surface area (Å²) in [5.41, 5.74) is 0.463. The number of carbonyl (C=O) groups is 2. The minimum Gasteiger partial charge on any atom is -0.478 e. The summed E-state index contributed by atoms with van der Waals surface area (Å²) in [5, 5.41) is 11.7. The van der Waals surface area contributed by atoms with Gasteiger partial charge in [0, 0.05) is 12.6 Å². The molecular formula is C15H22N2O3. The second-order valence-electron chi connectivity index (χ2n) is 6.35. The van der Waals surface area contributed by atoms with Crippen LogP contribution in [-0.2, 0) is 4.79 Å². The highest BCUT2D eigenvalue weighted by atomic mass is 16.4. The summed E-state index contributed by atoms with van der Waals surface area (Å²) < 4.78 is 0. The molecule has 1 rings (SSSR count). The van der Waals surface area contributed by atoms with Crippen LogP contribution >= 0.6 is 0 Å². The molecule has 20 heavy (non-hydrogen) atoms. The zero-order chi connectivity index (χ0) is 15.3. The zero-order valence-electron chi connectivity index (χ0n) is 12.4. The minimum atomic E-state index is -1.08. The summed E-state index contributed by atoms with van der Waals surface area (Å²) in [7, 11) is 0. The third-order valence-corrected chi connectivity index (χ3v) is 2.82. The summed E-state index contributed by atoms with van der Waals surface area (Å²) in [5.74, 6) is -1.03. The van der Waals surface area contributed by atoms with Gasteiger partial charge >= 0.3 is 5.97 Å². The van der Waals surface area contributed by atoms with E-state index >= 15 is 0 Å². The van der Waals surface area contributed by atoms with Crippen LogP contribution in [0, 0.1) is 11.3 Å². The van der Waals surface area contributed by atoms with Gasteiger partial charge in [-0.3, -0.25) is 9.78 Å². The topological polar surface area (TPSA) is 79.3 Å². The summed E-state index contributed by atoms with van der Waals surface area (Å²) in [4.78, 5) is 26.8. The highest BCUT2D eigenvalue weighted by Gasteiger charge is 2.19. The molecule has 110 valence electrons. The largest absolute Gasteiger partial charge is 0.478 e. The highest BCUT2D eigenvalue weighted by Crippen LogP contribution is 2.26. The number of anilines is 1. The van der Waals surface area contributed by atoms with Crippen LogP contribution in [0.5, 0.6) is 0 Å². The van der Waals surface area contributed by atoms with Gasteiger partial charge in [0.2, 0.25) is 5.91 Å². The van der Waals surface area contributed by atoms with Gasteiger partial charge < -0.3 is 10.4 Å². The van der Waals surface area contributed by atoms with Crippen LogP contribution in [0.4, 0.5) is 5.69 Å². The van der Waals surface area contributed by atoms with Crippen LogP contribution in [0.2, 0.25) is 0 Å². The van der Waals surface area contributed by atoms with Crippen LogP contribution in [0.15, 0.2) is 18.5 Å². The molecule has 1 aromatic heterocycles. The van der Waals surface area contributed by atoms with Crippen LogP contribution in [0.25, 0.3) is 0 Å². The lowest BCUT2D eigenvalue weighted by molar-refractivity contribution is -0.117. The van der Waals surface area contributed by atoms with Gasteiger partial charge in [-0.25, -0.2) is 4.79 Å². The van der Waals surface area contributed by atoms with Crippen molar-refractivity contribution in [1.29, 1.82) is 0 Å². The van der Waals surface area contributed by atoms with Gasteiger partial charge in [-0.05, 0) is 23.8 Å². The van der Waals surface area contributed by atoms with Crippen molar-refractivity contribution in [3.63, 3.8) is 0 Å². The molecule has 5 nitrogen and oxygen atoms in total. The molecule has 1 aromatic rings. The maximum atomic E-state index is 12.0. The van der Waals surface area contributed by atoms with Crippen LogP contribution in [0.3, 0.4) is 0 Å². The molecule has 0 saturated heterocycles. The summed E-state index contributed by atoms with van der Waals surface area (Å²) in [6, 6.07) is 1.37. The first-order valence-corrected chi connectivity index (χ1v) is 6.66. The van der Waals surface area contributed by atoms with Gasteiger partial charge in [0.25, 0.3) is 0 Å². The lowest BCUT2D eigenvalue weighted by atomic mass is 9.84. The molecule has 0 fully saturated rings. The number of carbonyl (C=O) groups excluding carboxylic acids is 1. The predicted octanol–water partition coefficient (Wildman–Crippen LogP) is 3.18. The standard InChI is InChI=1S/C15H22N2O3/c1-10(8-15(2,3)4)7-13(18)17-12-9-16-6-5-11(12)14(19)20/h5-6,9-10H,7-8H2,1-4H3,(H,17,18)(H,19,20). The molecular weight excluding hydrogens is 256 g/mol. The maximum Gasteiger partial charge on any atom is 0.337 e. The Kier molecular flexibility index (Phi) is 5.25. The Morgan fingerprint density at radius 2 is 2.05 bits per heavy atom. The number of amides is 1. The molecule has 0 radical (unpaired) electrons. The van der Waals surface area contributed by atoms with Gasteiger partial charge in [0.05, 0.1) is 17.4 Å². The van der Waals surface area contributed by atoms with Gasteiger partial charge in [0.15, 0.2) is 0 Å². The first kappa shape index (κ1) is 16.1. The number of carboxylic acids is 1. The highest BCUT2D eigenvalue weighted by molar-refractivity contribution is 6.00. The molecule has 0 aliphatic heterocycles. The Balaban J connectivity index is 2.66. The number of nitrogens with one attached hydrogen (secondary N) is 1. The van der Waals surface area contributed by atoms with Crippen molar-refractivity contribution in [2.75, 3.05) is 5.32 Å². The van der Waals surface area contributed by atoms with E-state index < -0.39 is 5.97 Å². The number of hydrogen-bond acceptors (Lipinski definition) is 3. The molecule has 5 heteroatoms. The second-order valence-corrected chi connectivity index (χ2v) is 6.35. The van der Waals surface area contributed by atoms with E-state index in [0.717, 1.165) is 6.42 Å². The van der Waals surface area contributed by atoms with E-state index in [1.165, 1.54) is 18.5 Å². The van der Waals surface area contributed by atoms with Crippen molar-refractivity contribution in [3.8, 4) is 0 Å². The van der Waals surface area contributed by atoms with Crippen molar-refractivity contribution in [1.82, 2.24) is 4.98 Å². The fourth-order valence-corrected chi connectivity index (χ4v) is 2.32. The average molecular weight is 278 g/mol. The van der Waals surface area contributed by atoms with E-state index in [-0.39, 0.29) is 28.5 Å². The normalized spacial score (nSPS) is 12.8. The molecule has 0 aromatic carbocycles. The molecule has 0 saturated carbocycles. The molecule has 1 amide bonds. The van der Waals surface area contributed by atoms with E-state index in [2.05, 4.69) is 31.1 Å². The van der Waals surface area contributed by atoms with Crippen LogP contribution < -0.4 is 5.32 Å². The number of nitrogens with zero attached hydrogens (tertiary/aromatic N) is 1. The average Bonchev–Trinajstić information content (AvgIpc) is 2.26. The molecule has 0 bridgehead atoms. The number of hydrogen-bond donors (Lipinski definition) is 2. The van der Waals surface area contributed by atoms with Crippen molar-refractivity contribution in [2.24, 2.45) is 11.3 Å². The predicted molar refractivity (Wildman–Crippen MR) is 77.7 cm³/mol. The monoisotopic (exact) mass is 278 g/mol. The zero-order valence-corrected chi connectivity index (χ0v) is 12.4. The number of pyridine rings is 1. The Hall–Kier alpha value is -1.91. The first-order chi connectivity index (χ1) is 9.19. The van der Waals surface area contributed by atoms with Crippen LogP contribution in [-0.4, -0.2) is 22.0 Å². The summed E-state index contributed by atoms with van der Waals surface area (Å²) in [6.45, 7) is 8.41. The Morgan fingerprint density at radius 1 is 1.40 bits per heavy atom. The van der Waals surface area contributed by atoms with Crippen molar-refractivity contribution in [2.45, 2.75) is 40.5 Å². The number of rotatable bonds is 5. The van der Waals surface area contributed by atoms with E-state index in [0.29, 0.717) is 6.42 Å². The molecule has 0 aliphatic carbocycles. The van der Waals surface area contributed by atoms with Crippen molar-refractivity contribution < 1.29 is 14.7 Å². The Bertz CT molecular complexity index is 492. The van der Waals surface area contributed by atoms with Gasteiger partial charge in [-0.2, -0.15) is 0 Å². The SMILES string of the molecule is CC(CC(=O)Nc1cnccc1C(=O)O)CC(C)(C)C. The molecule has 1 heterocycles. The molecule has 1 unspecified atom stereocenters. The summed E-state index contributed by atoms with van der Waals surface area (Å²) in [6.07, 6.45) is 4.04. The molecule has 2 N–H and O–H groups in total. The molecule has 0 spiro atoms. The van der Waals surface area contributed by atoms with E-state index in [1.54, 1.807) is 0 Å². The van der Waals surface area contributed by atoms with Gasteiger partial charge in [-0.15, -0.1) is 0 Å². The quantitative estimate of drug-likeness (QED) is 0.867. The lowest BCUT2D eigenvalue weighted by Gasteiger charge is -2.22. The van der Waals surface area contributed by atoms with Gasteiger partial charge in [0.1, 0.15) is 0 Å². The molecule has 0 aliphatic rings. The second kappa shape index (κ2) is 6.50. The van der Waals surface area contributed by atoms with Gasteiger partial charge in [-0.1, -0.05) is 27.7 Å². The number of aromatic carboxylic acids is 1. The third kappa shape index (κ3) is 5.38. The number of aromatic nitrogens is 1.